The van der Waals surface area contributed by atoms with Crippen LogP contribution in [0.25, 0.3) is 0 Å². The number of hydrogen-bond donors (Lipinski definition) is 2. The summed E-state index contributed by atoms with van der Waals surface area (Å²) in [5, 5.41) is 20.7. The average Bonchev–Trinajstić information content (AvgIpc) is 2.64. The Kier molecular flexibility index (Phi) is 4.80. The largest absolute Gasteiger partial charge is 0.507 e. The summed E-state index contributed by atoms with van der Waals surface area (Å²) in [6, 6.07) is 8.21. The second kappa shape index (κ2) is 6.83. The minimum Gasteiger partial charge on any atom is -0.507 e. The van der Waals surface area contributed by atoms with E-state index in [0.717, 1.165) is 34.1 Å². The number of hydrogen-bond acceptors (Lipinski definition) is 4. The number of aliphatic hydroxyl groups is 1. The summed E-state index contributed by atoms with van der Waals surface area (Å²) in [4.78, 5) is 27.7. The smallest absolute Gasteiger partial charge is 0.416 e. The van der Waals surface area contributed by atoms with Gasteiger partial charge >= 0.3 is 6.18 Å². The Hall–Kier alpha value is -3.07. The topological polar surface area (TPSA) is 81.1 Å². The number of benzene rings is 2. The quantitative estimate of drug-likeness (QED) is 0.768. The zero-order valence-corrected chi connectivity index (χ0v) is 14.9. The van der Waals surface area contributed by atoms with E-state index >= 15 is 0 Å². The number of anilines is 2. The Bertz CT molecular complexity index is 928. The molecule has 1 heterocycles. The van der Waals surface area contributed by atoms with Crippen molar-refractivity contribution in [3.05, 3.63) is 53.6 Å². The van der Waals surface area contributed by atoms with Gasteiger partial charge < -0.3 is 20.0 Å². The second-order valence-electron chi connectivity index (χ2n) is 6.47. The fraction of sp³-hybridized carbons (Fsp3) is 0.263. The van der Waals surface area contributed by atoms with Gasteiger partial charge in [-0.25, -0.2) is 0 Å². The zero-order valence-electron chi connectivity index (χ0n) is 14.9. The first kappa shape index (κ1) is 19.7. The maximum Gasteiger partial charge on any atom is 0.416 e. The van der Waals surface area contributed by atoms with Crippen molar-refractivity contribution >= 4 is 23.2 Å². The molecule has 0 spiro atoms. The second-order valence-corrected chi connectivity index (χ2v) is 6.47. The summed E-state index contributed by atoms with van der Waals surface area (Å²) in [5.41, 5.74) is -0.421. The van der Waals surface area contributed by atoms with Crippen molar-refractivity contribution in [3.63, 3.8) is 0 Å². The predicted octanol–water partition coefficient (Wildman–Crippen LogP) is 2.70. The van der Waals surface area contributed by atoms with Gasteiger partial charge in [-0.05, 0) is 36.4 Å². The van der Waals surface area contributed by atoms with Gasteiger partial charge in [0, 0.05) is 25.3 Å². The number of alkyl halides is 3. The fourth-order valence-corrected chi connectivity index (χ4v) is 3.22. The molecule has 0 saturated heterocycles. The molecule has 2 unspecified atom stereocenters. The lowest BCUT2D eigenvalue weighted by Gasteiger charge is -2.36. The highest BCUT2D eigenvalue weighted by molar-refractivity contribution is 6.14. The Balaban J connectivity index is 1.93. The first-order valence-electron chi connectivity index (χ1n) is 8.26. The summed E-state index contributed by atoms with van der Waals surface area (Å²) < 4.78 is 38.1. The zero-order chi connectivity index (χ0) is 20.8. The van der Waals surface area contributed by atoms with E-state index in [1.165, 1.54) is 32.3 Å². The third-order valence-corrected chi connectivity index (χ3v) is 4.81. The molecule has 1 aliphatic rings. The third kappa shape index (κ3) is 3.18. The maximum absolute atomic E-state index is 12.9. The van der Waals surface area contributed by atoms with Crippen LogP contribution < -0.4 is 9.80 Å². The number of aromatic hydroxyl groups is 1. The molecule has 0 bridgehead atoms. The van der Waals surface area contributed by atoms with Crippen molar-refractivity contribution in [2.75, 3.05) is 23.9 Å². The van der Waals surface area contributed by atoms with Gasteiger partial charge in [0.2, 0.25) is 11.8 Å². The number of carbonyl (C=O) groups excluding carboxylic acids is 2. The van der Waals surface area contributed by atoms with Crippen LogP contribution in [0.5, 0.6) is 5.75 Å². The lowest BCUT2D eigenvalue weighted by molar-refractivity contribution is -0.138. The number of rotatable bonds is 2. The van der Waals surface area contributed by atoms with Crippen molar-refractivity contribution in [3.8, 4) is 5.75 Å². The Morgan fingerprint density at radius 3 is 2.32 bits per heavy atom. The molecule has 2 aromatic carbocycles. The average molecular weight is 394 g/mol. The maximum atomic E-state index is 12.9. The molecule has 2 aromatic rings. The van der Waals surface area contributed by atoms with Crippen molar-refractivity contribution in [2.45, 2.75) is 12.3 Å². The van der Waals surface area contributed by atoms with Gasteiger partial charge in [0.25, 0.3) is 0 Å². The third-order valence-electron chi connectivity index (χ3n) is 4.81. The molecule has 0 radical (unpaired) electrons. The molecule has 0 aromatic heterocycles. The molecular formula is C19H17F3N2O4. The lowest BCUT2D eigenvalue weighted by atomic mass is 9.87. The van der Waals surface area contributed by atoms with E-state index in [9.17, 15) is 33.0 Å². The number of halogens is 3. The lowest BCUT2D eigenvalue weighted by Crippen LogP contribution is -2.49. The number of fused-ring (bicyclic) bond motifs is 1. The molecule has 0 fully saturated rings. The van der Waals surface area contributed by atoms with Crippen LogP contribution >= 0.6 is 0 Å². The first-order chi connectivity index (χ1) is 13.0. The Morgan fingerprint density at radius 1 is 1.14 bits per heavy atom. The molecule has 0 saturated carbocycles. The van der Waals surface area contributed by atoms with Gasteiger partial charge in [0.1, 0.15) is 17.8 Å². The fourth-order valence-electron chi connectivity index (χ4n) is 3.22. The van der Waals surface area contributed by atoms with Gasteiger partial charge in [-0.3, -0.25) is 9.59 Å². The van der Waals surface area contributed by atoms with Crippen LogP contribution in [0.2, 0.25) is 0 Å². The van der Waals surface area contributed by atoms with Crippen LogP contribution in [0, 0.1) is 5.92 Å². The van der Waals surface area contributed by atoms with Crippen LogP contribution in [0.1, 0.15) is 17.2 Å². The van der Waals surface area contributed by atoms with Crippen molar-refractivity contribution in [1.29, 1.82) is 0 Å². The van der Waals surface area contributed by atoms with E-state index in [-0.39, 0.29) is 22.7 Å². The normalized spacial score (nSPS) is 19.4. The summed E-state index contributed by atoms with van der Waals surface area (Å²) in [6.45, 7) is 0. The molecule has 9 heteroatoms. The summed E-state index contributed by atoms with van der Waals surface area (Å²) >= 11 is 0. The number of aliphatic hydroxyl groups excluding tert-OH is 1. The van der Waals surface area contributed by atoms with Gasteiger partial charge in [-0.1, -0.05) is 6.07 Å². The van der Waals surface area contributed by atoms with Crippen LogP contribution in [0.3, 0.4) is 0 Å². The number of phenolic OH excluding ortho intramolecular Hbond substituents is 1. The van der Waals surface area contributed by atoms with E-state index in [1.807, 2.05) is 0 Å². The van der Waals surface area contributed by atoms with E-state index in [4.69, 9.17) is 0 Å². The van der Waals surface area contributed by atoms with Crippen molar-refractivity contribution in [1.82, 2.24) is 0 Å². The van der Waals surface area contributed by atoms with E-state index in [2.05, 4.69) is 0 Å². The Morgan fingerprint density at radius 2 is 1.75 bits per heavy atom. The molecule has 1 aliphatic heterocycles. The molecule has 28 heavy (non-hydrogen) atoms. The SMILES string of the molecule is CN(C(=O)C1C(=O)N(C)c2cccc(O)c2C1O)c1ccc(C(F)(F)F)cc1. The number of nitrogens with zero attached hydrogens (tertiary/aromatic N) is 2. The van der Waals surface area contributed by atoms with E-state index in [1.54, 1.807) is 0 Å². The predicted molar refractivity (Wildman–Crippen MR) is 94.8 cm³/mol. The van der Waals surface area contributed by atoms with Gasteiger partial charge in [0.05, 0.1) is 11.3 Å². The van der Waals surface area contributed by atoms with Crippen molar-refractivity contribution < 1.29 is 33.0 Å². The van der Waals surface area contributed by atoms with Gasteiger partial charge in [-0.15, -0.1) is 0 Å². The standard InChI is InChI=1S/C19H17F3N2O4/c1-23(11-8-6-10(7-9-11)19(20,21)22)17(27)15-16(26)14-12(24(2)18(15)28)4-3-5-13(14)25/h3-9,15-16,25-26H,1-2H3. The molecule has 6 nitrogen and oxygen atoms in total. The number of carbonyl (C=O) groups is 2. The minimum atomic E-state index is -4.51. The number of phenols is 1. The highest BCUT2D eigenvalue weighted by Gasteiger charge is 2.45. The van der Waals surface area contributed by atoms with E-state index < -0.39 is 35.6 Å². The first-order valence-corrected chi connectivity index (χ1v) is 8.26. The van der Waals surface area contributed by atoms with Gasteiger partial charge in [0.15, 0.2) is 0 Å². The molecule has 2 amide bonds. The minimum absolute atomic E-state index is 0.0452. The monoisotopic (exact) mass is 394 g/mol. The molecule has 2 atom stereocenters. The molecule has 3 rings (SSSR count). The summed E-state index contributed by atoms with van der Waals surface area (Å²) in [6.07, 6.45) is -6.11. The van der Waals surface area contributed by atoms with Crippen LogP contribution in [-0.2, 0) is 15.8 Å². The van der Waals surface area contributed by atoms with E-state index in [0.29, 0.717) is 0 Å². The van der Waals surface area contributed by atoms with Gasteiger partial charge in [-0.2, -0.15) is 13.2 Å². The number of amides is 2. The highest BCUT2D eigenvalue weighted by atomic mass is 19.4. The molecular weight excluding hydrogens is 377 g/mol. The summed E-state index contributed by atoms with van der Waals surface area (Å²) in [7, 11) is 2.70. The van der Waals surface area contributed by atoms with Crippen molar-refractivity contribution in [2.24, 2.45) is 5.92 Å². The molecule has 2 N–H and O–H groups in total. The Labute approximate surface area is 158 Å². The van der Waals surface area contributed by atoms with Crippen LogP contribution in [-0.4, -0.2) is 36.1 Å². The summed E-state index contributed by atoms with van der Waals surface area (Å²) in [5.74, 6) is -3.30. The van der Waals surface area contributed by atoms with Crippen LogP contribution in [0.15, 0.2) is 42.5 Å². The molecule has 148 valence electrons. The highest BCUT2D eigenvalue weighted by Crippen LogP contribution is 2.43. The molecule has 0 aliphatic carbocycles. The van der Waals surface area contributed by atoms with Crippen LogP contribution in [0.4, 0.5) is 24.5 Å².